The van der Waals surface area contributed by atoms with E-state index in [4.69, 9.17) is 0 Å². The van der Waals surface area contributed by atoms with Crippen molar-refractivity contribution in [1.82, 2.24) is 9.55 Å². The van der Waals surface area contributed by atoms with Gasteiger partial charge in [-0.2, -0.15) is 5.26 Å². The molecule has 2 aromatic carbocycles. The Morgan fingerprint density at radius 1 is 1.09 bits per heavy atom. The van der Waals surface area contributed by atoms with Gasteiger partial charge in [0.15, 0.2) is 0 Å². The van der Waals surface area contributed by atoms with E-state index in [1.807, 2.05) is 49.4 Å². The molecule has 168 valence electrons. The average Bonchev–Trinajstić information content (AvgIpc) is 3.17. The molecule has 0 unspecified atom stereocenters. The van der Waals surface area contributed by atoms with Crippen LogP contribution in [-0.4, -0.2) is 15.3 Å². The van der Waals surface area contributed by atoms with Gasteiger partial charge in [-0.15, -0.1) is 11.3 Å². The summed E-state index contributed by atoms with van der Waals surface area (Å²) in [5.41, 5.74) is 3.46. The SMILES string of the molecule is CCCc1ccc(C(=O)C(C#N)=c2sc(=Cc3ccccn3)c(=O)n2-c2ccc(C)cc2)cc1. The quantitative estimate of drug-likeness (QED) is 0.404. The first kappa shape index (κ1) is 23.1. The summed E-state index contributed by atoms with van der Waals surface area (Å²) >= 11 is 1.12. The fourth-order valence-electron chi connectivity index (χ4n) is 3.63. The van der Waals surface area contributed by atoms with Crippen molar-refractivity contribution in [2.24, 2.45) is 0 Å². The minimum Gasteiger partial charge on any atom is -0.288 e. The summed E-state index contributed by atoms with van der Waals surface area (Å²) in [5, 5.41) is 10.0. The van der Waals surface area contributed by atoms with Crippen molar-refractivity contribution < 1.29 is 4.79 Å². The van der Waals surface area contributed by atoms with Crippen LogP contribution in [0.15, 0.2) is 77.7 Å². The van der Waals surface area contributed by atoms with E-state index < -0.39 is 5.78 Å². The van der Waals surface area contributed by atoms with Gasteiger partial charge in [0.1, 0.15) is 16.3 Å². The maximum atomic E-state index is 13.5. The molecule has 0 atom stereocenters. The normalized spacial score (nSPS) is 12.3. The lowest BCUT2D eigenvalue weighted by Gasteiger charge is -2.05. The van der Waals surface area contributed by atoms with Crippen LogP contribution in [0.4, 0.5) is 0 Å². The Bertz CT molecular complexity index is 1540. The van der Waals surface area contributed by atoms with E-state index in [0.29, 0.717) is 26.1 Å². The van der Waals surface area contributed by atoms with Gasteiger partial charge in [0, 0.05) is 11.8 Å². The predicted molar refractivity (Wildman–Crippen MR) is 135 cm³/mol. The van der Waals surface area contributed by atoms with Gasteiger partial charge in [0.25, 0.3) is 5.56 Å². The van der Waals surface area contributed by atoms with Gasteiger partial charge < -0.3 is 0 Å². The first-order valence-electron chi connectivity index (χ1n) is 11.0. The third-order valence-corrected chi connectivity index (χ3v) is 6.48. The number of aromatic nitrogens is 2. The average molecular weight is 466 g/mol. The lowest BCUT2D eigenvalue weighted by molar-refractivity contribution is 0.105. The summed E-state index contributed by atoms with van der Waals surface area (Å²) in [6.45, 7) is 4.06. The molecular formula is C28H23N3O2S. The molecule has 0 aliphatic carbocycles. The second-order valence-electron chi connectivity index (χ2n) is 7.91. The number of nitrogens with zero attached hydrogens (tertiary/aromatic N) is 3. The number of hydrogen-bond donors (Lipinski definition) is 0. The van der Waals surface area contributed by atoms with Crippen LogP contribution in [0.25, 0.3) is 17.3 Å². The summed E-state index contributed by atoms with van der Waals surface area (Å²) in [6.07, 6.45) is 5.27. The molecule has 2 aromatic heterocycles. The van der Waals surface area contributed by atoms with E-state index in [-0.39, 0.29) is 11.1 Å². The van der Waals surface area contributed by atoms with E-state index in [9.17, 15) is 14.9 Å². The van der Waals surface area contributed by atoms with E-state index in [1.54, 1.807) is 36.5 Å². The highest BCUT2D eigenvalue weighted by atomic mass is 32.1. The Hall–Kier alpha value is -4.08. The lowest BCUT2D eigenvalue weighted by Crippen LogP contribution is -2.31. The molecule has 5 nitrogen and oxygen atoms in total. The lowest BCUT2D eigenvalue weighted by atomic mass is 10.0. The molecule has 0 N–H and O–H groups in total. The first-order chi connectivity index (χ1) is 16.5. The van der Waals surface area contributed by atoms with Gasteiger partial charge in [-0.1, -0.05) is 61.4 Å². The largest absolute Gasteiger partial charge is 0.288 e. The van der Waals surface area contributed by atoms with Crippen LogP contribution in [0.5, 0.6) is 0 Å². The molecule has 0 bridgehead atoms. The number of aryl methyl sites for hydroxylation is 2. The molecule has 0 aliphatic rings. The van der Waals surface area contributed by atoms with Gasteiger partial charge in [0.05, 0.1) is 15.9 Å². The molecule has 4 aromatic rings. The third kappa shape index (κ3) is 4.80. The van der Waals surface area contributed by atoms with Gasteiger partial charge >= 0.3 is 0 Å². The number of carbonyl (C=O) groups excluding carboxylic acids is 1. The van der Waals surface area contributed by atoms with Crippen molar-refractivity contribution in [2.75, 3.05) is 0 Å². The molecule has 6 heteroatoms. The molecule has 0 fully saturated rings. The van der Waals surface area contributed by atoms with Gasteiger partial charge in [-0.3, -0.25) is 19.1 Å². The van der Waals surface area contributed by atoms with Crippen molar-refractivity contribution in [3.63, 3.8) is 0 Å². The van der Waals surface area contributed by atoms with Gasteiger partial charge in [-0.25, -0.2) is 0 Å². The van der Waals surface area contributed by atoms with E-state index >= 15 is 0 Å². The molecule has 0 saturated carbocycles. The molecule has 34 heavy (non-hydrogen) atoms. The molecule has 0 aliphatic heterocycles. The molecule has 4 rings (SSSR count). The summed E-state index contributed by atoms with van der Waals surface area (Å²) in [6, 6.07) is 22.2. The Morgan fingerprint density at radius 2 is 1.82 bits per heavy atom. The number of carbonyl (C=O) groups is 1. The highest BCUT2D eigenvalue weighted by molar-refractivity contribution is 7.07. The van der Waals surface area contributed by atoms with Crippen molar-refractivity contribution >= 4 is 28.8 Å². The zero-order chi connectivity index (χ0) is 24.1. The Kier molecular flexibility index (Phi) is 6.95. The Morgan fingerprint density at radius 3 is 2.44 bits per heavy atom. The second kappa shape index (κ2) is 10.2. The monoisotopic (exact) mass is 465 g/mol. The van der Waals surface area contributed by atoms with Gasteiger partial charge in [-0.05, 0) is 49.2 Å². The fourth-order valence-corrected chi connectivity index (χ4v) is 4.71. The summed E-state index contributed by atoms with van der Waals surface area (Å²) < 4.78 is 2.15. The predicted octanol–water partition coefficient (Wildman–Crippen LogP) is 3.94. The van der Waals surface area contributed by atoms with Crippen molar-refractivity contribution in [3.05, 3.63) is 115 Å². The zero-order valence-electron chi connectivity index (χ0n) is 19.0. The standard InChI is InChI=1S/C28H23N3O2S/c1-3-6-20-10-12-21(13-11-20)26(32)24(18-29)28-31(23-14-8-19(2)9-15-23)27(33)25(34-28)17-22-7-4-5-16-30-22/h4-5,7-17H,3,6H2,1-2H3. The van der Waals surface area contributed by atoms with Crippen molar-refractivity contribution in [3.8, 4) is 11.8 Å². The fraction of sp³-hybridized carbons (Fsp3) is 0.143. The smallest absolute Gasteiger partial charge is 0.273 e. The van der Waals surface area contributed by atoms with Crippen LogP contribution in [0.2, 0.25) is 0 Å². The van der Waals surface area contributed by atoms with Crippen LogP contribution in [-0.2, 0) is 6.42 Å². The number of hydrogen-bond acceptors (Lipinski definition) is 5. The van der Waals surface area contributed by atoms with E-state index in [2.05, 4.69) is 18.0 Å². The van der Waals surface area contributed by atoms with Crippen molar-refractivity contribution in [1.29, 1.82) is 5.26 Å². The Balaban J connectivity index is 1.97. The van der Waals surface area contributed by atoms with E-state index in [1.165, 1.54) is 4.57 Å². The topological polar surface area (TPSA) is 75.8 Å². The number of pyridine rings is 1. The molecular weight excluding hydrogens is 442 g/mol. The third-order valence-electron chi connectivity index (χ3n) is 5.39. The highest BCUT2D eigenvalue weighted by Gasteiger charge is 2.18. The van der Waals surface area contributed by atoms with Crippen molar-refractivity contribution in [2.45, 2.75) is 26.7 Å². The second-order valence-corrected chi connectivity index (χ2v) is 8.94. The molecule has 0 amide bonds. The Labute approximate surface area is 201 Å². The van der Waals surface area contributed by atoms with Crippen LogP contribution in [0, 0.1) is 18.3 Å². The van der Waals surface area contributed by atoms with Crippen LogP contribution >= 0.6 is 11.3 Å². The molecule has 0 spiro atoms. The minimum absolute atomic E-state index is 0.0633. The number of Topliss-reactive ketones (excluding diaryl/α,β-unsaturated/α-hetero) is 1. The highest BCUT2D eigenvalue weighted by Crippen LogP contribution is 2.13. The van der Waals surface area contributed by atoms with E-state index in [0.717, 1.165) is 35.3 Å². The molecule has 0 radical (unpaired) electrons. The zero-order valence-corrected chi connectivity index (χ0v) is 19.8. The minimum atomic E-state index is -0.406. The summed E-state index contributed by atoms with van der Waals surface area (Å²) in [4.78, 5) is 31.1. The number of rotatable bonds is 6. The summed E-state index contributed by atoms with van der Waals surface area (Å²) in [7, 11) is 0. The number of ketones is 1. The number of thiazole rings is 1. The van der Waals surface area contributed by atoms with Crippen LogP contribution in [0.1, 0.15) is 40.5 Å². The number of nitriles is 1. The first-order valence-corrected chi connectivity index (χ1v) is 11.8. The maximum absolute atomic E-state index is 13.5. The van der Waals surface area contributed by atoms with Crippen LogP contribution in [0.3, 0.4) is 0 Å². The molecule has 2 heterocycles. The maximum Gasteiger partial charge on any atom is 0.273 e. The summed E-state index contributed by atoms with van der Waals surface area (Å²) in [5.74, 6) is -0.406. The van der Waals surface area contributed by atoms with Gasteiger partial charge in [0.2, 0.25) is 5.78 Å². The molecule has 0 saturated heterocycles. The van der Waals surface area contributed by atoms with Crippen LogP contribution < -0.4 is 14.8 Å². The number of benzene rings is 2.